The van der Waals surface area contributed by atoms with Crippen molar-refractivity contribution in [2.75, 3.05) is 19.7 Å². The molecule has 0 bridgehead atoms. The van der Waals surface area contributed by atoms with E-state index in [0.717, 1.165) is 31.5 Å². The third-order valence-electron chi connectivity index (χ3n) is 3.92. The molecule has 0 spiro atoms. The lowest BCUT2D eigenvalue weighted by Gasteiger charge is -2.19. The Kier molecular flexibility index (Phi) is 8.70. The van der Waals surface area contributed by atoms with Crippen LogP contribution in [0.4, 0.5) is 0 Å². The molecule has 108 valence electrons. The van der Waals surface area contributed by atoms with Crippen molar-refractivity contribution in [3.63, 3.8) is 0 Å². The smallest absolute Gasteiger partial charge is 0.0671 e. The zero-order chi connectivity index (χ0) is 13.2. The van der Waals surface area contributed by atoms with Crippen LogP contribution < -0.4 is 5.32 Å². The van der Waals surface area contributed by atoms with Gasteiger partial charge in [-0.3, -0.25) is 0 Å². The third-order valence-corrected chi connectivity index (χ3v) is 3.92. The number of nitrogens with one attached hydrogen (secondary N) is 1. The summed E-state index contributed by atoms with van der Waals surface area (Å²) >= 11 is 0. The Morgan fingerprint density at radius 3 is 2.33 bits per heavy atom. The second-order valence-electron chi connectivity index (χ2n) is 6.39. The van der Waals surface area contributed by atoms with Crippen molar-refractivity contribution < 1.29 is 4.74 Å². The molecule has 2 nitrogen and oxygen atoms in total. The Morgan fingerprint density at radius 1 is 1.06 bits per heavy atom. The van der Waals surface area contributed by atoms with E-state index in [1.807, 2.05) is 0 Å². The first kappa shape index (κ1) is 16.0. The predicted molar refractivity (Wildman–Crippen MR) is 78.9 cm³/mol. The quantitative estimate of drug-likeness (QED) is 0.523. The molecule has 0 radical (unpaired) electrons. The Balaban J connectivity index is 1.99. The molecule has 1 fully saturated rings. The van der Waals surface area contributed by atoms with Crippen LogP contribution in [-0.4, -0.2) is 25.8 Å². The maximum atomic E-state index is 5.98. The molecule has 0 aromatic carbocycles. The van der Waals surface area contributed by atoms with Crippen LogP contribution in [0, 0.1) is 11.8 Å². The predicted octanol–water partition coefficient (Wildman–Crippen LogP) is 4.00. The average molecular weight is 255 g/mol. The Morgan fingerprint density at radius 2 is 1.72 bits per heavy atom. The van der Waals surface area contributed by atoms with E-state index in [4.69, 9.17) is 4.74 Å². The lowest BCUT2D eigenvalue weighted by Crippen LogP contribution is -2.29. The SMILES string of the molecule is CC(C)CCNCC(C)OCC1CCCCCC1. The molecule has 18 heavy (non-hydrogen) atoms. The van der Waals surface area contributed by atoms with Gasteiger partial charge in [0.2, 0.25) is 0 Å². The van der Waals surface area contributed by atoms with Gasteiger partial charge in [0, 0.05) is 13.2 Å². The van der Waals surface area contributed by atoms with Crippen molar-refractivity contribution in [1.29, 1.82) is 0 Å². The molecule has 0 heterocycles. The van der Waals surface area contributed by atoms with Gasteiger partial charge in [0.1, 0.15) is 0 Å². The van der Waals surface area contributed by atoms with Crippen LogP contribution >= 0.6 is 0 Å². The highest BCUT2D eigenvalue weighted by atomic mass is 16.5. The molecule has 1 rings (SSSR count). The summed E-state index contributed by atoms with van der Waals surface area (Å²) in [6.07, 6.45) is 10.1. The molecule has 0 aliphatic heterocycles. The van der Waals surface area contributed by atoms with Crippen LogP contribution in [-0.2, 0) is 4.74 Å². The monoisotopic (exact) mass is 255 g/mol. The fraction of sp³-hybridized carbons (Fsp3) is 1.00. The van der Waals surface area contributed by atoms with Crippen molar-refractivity contribution in [2.24, 2.45) is 11.8 Å². The van der Waals surface area contributed by atoms with E-state index in [0.29, 0.717) is 6.10 Å². The normalized spacial score (nSPS) is 20.0. The van der Waals surface area contributed by atoms with Gasteiger partial charge in [-0.15, -0.1) is 0 Å². The number of hydrogen-bond donors (Lipinski definition) is 1. The second-order valence-corrected chi connectivity index (χ2v) is 6.39. The van der Waals surface area contributed by atoms with Gasteiger partial charge in [-0.2, -0.15) is 0 Å². The largest absolute Gasteiger partial charge is 0.377 e. The fourth-order valence-corrected chi connectivity index (χ4v) is 2.59. The maximum absolute atomic E-state index is 5.98. The molecule has 1 saturated carbocycles. The van der Waals surface area contributed by atoms with Crippen LogP contribution in [0.3, 0.4) is 0 Å². The number of hydrogen-bond acceptors (Lipinski definition) is 2. The van der Waals surface area contributed by atoms with Gasteiger partial charge in [-0.05, 0) is 44.6 Å². The van der Waals surface area contributed by atoms with Crippen LogP contribution in [0.15, 0.2) is 0 Å². The summed E-state index contributed by atoms with van der Waals surface area (Å²) in [5.41, 5.74) is 0. The summed E-state index contributed by atoms with van der Waals surface area (Å²) in [5, 5.41) is 3.49. The molecule has 1 N–H and O–H groups in total. The minimum absolute atomic E-state index is 0.361. The van der Waals surface area contributed by atoms with E-state index in [2.05, 4.69) is 26.1 Å². The van der Waals surface area contributed by atoms with Crippen molar-refractivity contribution >= 4 is 0 Å². The molecule has 1 unspecified atom stereocenters. The topological polar surface area (TPSA) is 21.3 Å². The van der Waals surface area contributed by atoms with E-state index in [1.54, 1.807) is 0 Å². The third kappa shape index (κ3) is 8.10. The van der Waals surface area contributed by atoms with Gasteiger partial charge in [0.15, 0.2) is 0 Å². The molecule has 1 aliphatic carbocycles. The van der Waals surface area contributed by atoms with Gasteiger partial charge in [0.05, 0.1) is 6.10 Å². The van der Waals surface area contributed by atoms with Crippen molar-refractivity contribution in [3.05, 3.63) is 0 Å². The molecule has 0 amide bonds. The molecular formula is C16H33NO. The summed E-state index contributed by atoms with van der Waals surface area (Å²) in [4.78, 5) is 0. The Labute approximate surface area is 114 Å². The summed E-state index contributed by atoms with van der Waals surface area (Å²) in [5.74, 6) is 1.62. The van der Waals surface area contributed by atoms with E-state index in [1.165, 1.54) is 44.9 Å². The highest BCUT2D eigenvalue weighted by Crippen LogP contribution is 2.23. The molecule has 0 aromatic rings. The first-order valence-corrected chi connectivity index (χ1v) is 8.00. The minimum Gasteiger partial charge on any atom is -0.377 e. The number of ether oxygens (including phenoxy) is 1. The average Bonchev–Trinajstić information content (AvgIpc) is 2.60. The van der Waals surface area contributed by atoms with Crippen LogP contribution in [0.2, 0.25) is 0 Å². The van der Waals surface area contributed by atoms with E-state index in [-0.39, 0.29) is 0 Å². The summed E-state index contributed by atoms with van der Waals surface area (Å²) in [6.45, 7) is 9.83. The molecule has 1 atom stereocenters. The van der Waals surface area contributed by atoms with Crippen molar-refractivity contribution in [1.82, 2.24) is 5.32 Å². The standard InChI is InChI=1S/C16H33NO/c1-14(2)10-11-17-12-15(3)18-13-16-8-6-4-5-7-9-16/h14-17H,4-13H2,1-3H3. The van der Waals surface area contributed by atoms with Crippen LogP contribution in [0.25, 0.3) is 0 Å². The van der Waals surface area contributed by atoms with Crippen molar-refractivity contribution in [3.8, 4) is 0 Å². The minimum atomic E-state index is 0.361. The highest BCUT2D eigenvalue weighted by molar-refractivity contribution is 4.65. The zero-order valence-corrected chi connectivity index (χ0v) is 12.7. The van der Waals surface area contributed by atoms with Crippen LogP contribution in [0.5, 0.6) is 0 Å². The van der Waals surface area contributed by atoms with Crippen molar-refractivity contribution in [2.45, 2.75) is 71.8 Å². The maximum Gasteiger partial charge on any atom is 0.0671 e. The second kappa shape index (κ2) is 9.80. The summed E-state index contributed by atoms with van der Waals surface area (Å²) < 4.78 is 5.98. The Hall–Kier alpha value is -0.0800. The summed E-state index contributed by atoms with van der Waals surface area (Å²) in [6, 6.07) is 0. The van der Waals surface area contributed by atoms with E-state index in [9.17, 15) is 0 Å². The summed E-state index contributed by atoms with van der Waals surface area (Å²) in [7, 11) is 0. The zero-order valence-electron chi connectivity index (χ0n) is 12.7. The van der Waals surface area contributed by atoms with Gasteiger partial charge >= 0.3 is 0 Å². The first-order valence-electron chi connectivity index (χ1n) is 8.00. The lowest BCUT2D eigenvalue weighted by atomic mass is 10.0. The highest BCUT2D eigenvalue weighted by Gasteiger charge is 2.13. The molecule has 1 aliphatic rings. The van der Waals surface area contributed by atoms with E-state index < -0.39 is 0 Å². The van der Waals surface area contributed by atoms with Crippen LogP contribution in [0.1, 0.15) is 65.7 Å². The fourth-order valence-electron chi connectivity index (χ4n) is 2.59. The molecule has 0 saturated heterocycles. The molecule has 2 heteroatoms. The Bertz CT molecular complexity index is 186. The van der Waals surface area contributed by atoms with Gasteiger partial charge in [-0.25, -0.2) is 0 Å². The van der Waals surface area contributed by atoms with E-state index >= 15 is 0 Å². The molecular weight excluding hydrogens is 222 g/mol. The lowest BCUT2D eigenvalue weighted by molar-refractivity contribution is 0.0368. The molecule has 0 aromatic heterocycles. The van der Waals surface area contributed by atoms with Gasteiger partial charge < -0.3 is 10.1 Å². The van der Waals surface area contributed by atoms with Gasteiger partial charge in [0.25, 0.3) is 0 Å². The first-order chi connectivity index (χ1) is 8.68. The van der Waals surface area contributed by atoms with Gasteiger partial charge in [-0.1, -0.05) is 39.5 Å². The number of rotatable bonds is 8.